The molecular weight excluding hydrogens is 276 g/mol. The molecule has 0 heterocycles. The van der Waals surface area contributed by atoms with Gasteiger partial charge in [-0.05, 0) is 24.6 Å². The number of benzene rings is 1. The lowest BCUT2D eigenvalue weighted by molar-refractivity contribution is 0.415. The van der Waals surface area contributed by atoms with Gasteiger partial charge in [0.1, 0.15) is 5.75 Å². The summed E-state index contributed by atoms with van der Waals surface area (Å²) in [6.07, 6.45) is 0.218. The van der Waals surface area contributed by atoms with E-state index in [1.807, 2.05) is 0 Å². The Balaban J connectivity index is 2.99. The van der Waals surface area contributed by atoms with Crippen LogP contribution in [0.1, 0.15) is 13.3 Å². The predicted molar refractivity (Wildman–Crippen MR) is 70.2 cm³/mol. The smallest absolute Gasteiger partial charge is 0.249 e. The summed E-state index contributed by atoms with van der Waals surface area (Å²) in [5.74, 6) is 0.451. The molecule has 0 spiro atoms. The molecule has 0 aromatic heterocycles. The van der Waals surface area contributed by atoms with E-state index in [0.717, 1.165) is 0 Å². The highest BCUT2D eigenvalue weighted by Crippen LogP contribution is 2.28. The zero-order valence-electron chi connectivity index (χ0n) is 9.97. The first-order valence-electron chi connectivity index (χ1n) is 5.19. The first kappa shape index (κ1) is 14.6. The second-order valence-electron chi connectivity index (χ2n) is 3.52. The van der Waals surface area contributed by atoms with Gasteiger partial charge in [-0.25, -0.2) is 8.42 Å². The van der Waals surface area contributed by atoms with Crippen LogP contribution in [0.25, 0.3) is 0 Å². The standard InChI is InChI=1S/C11H13ClN2O3S/c1-3-9(7-13)18(15,16)14-8-4-5-11(17-2)10(12)6-8/h4-6,9,14H,3H2,1-2H3. The maximum absolute atomic E-state index is 11.8. The molecule has 7 heteroatoms. The minimum Gasteiger partial charge on any atom is -0.495 e. The van der Waals surface area contributed by atoms with Crippen LogP contribution in [0.4, 0.5) is 5.69 Å². The number of nitriles is 1. The number of halogens is 1. The van der Waals surface area contributed by atoms with Crippen LogP contribution in [-0.2, 0) is 10.0 Å². The van der Waals surface area contributed by atoms with Crippen LogP contribution in [0.15, 0.2) is 18.2 Å². The van der Waals surface area contributed by atoms with Crippen molar-refractivity contribution in [3.05, 3.63) is 23.2 Å². The van der Waals surface area contributed by atoms with Crippen LogP contribution in [0.2, 0.25) is 5.02 Å². The molecule has 0 bridgehead atoms. The lowest BCUT2D eigenvalue weighted by atomic mass is 10.3. The Labute approximate surface area is 111 Å². The van der Waals surface area contributed by atoms with Crippen LogP contribution in [0.5, 0.6) is 5.75 Å². The van der Waals surface area contributed by atoms with Gasteiger partial charge in [0.25, 0.3) is 0 Å². The fourth-order valence-electron chi connectivity index (χ4n) is 1.35. The minimum absolute atomic E-state index is 0.218. The van der Waals surface area contributed by atoms with Gasteiger partial charge in [-0.1, -0.05) is 18.5 Å². The topological polar surface area (TPSA) is 79.2 Å². The first-order valence-corrected chi connectivity index (χ1v) is 7.11. The third-order valence-electron chi connectivity index (χ3n) is 2.30. The van der Waals surface area contributed by atoms with E-state index in [4.69, 9.17) is 21.6 Å². The van der Waals surface area contributed by atoms with E-state index in [0.29, 0.717) is 16.5 Å². The van der Waals surface area contributed by atoms with Crippen molar-refractivity contribution in [2.24, 2.45) is 0 Å². The Bertz CT molecular complexity index is 566. The molecule has 0 amide bonds. The molecule has 0 aliphatic heterocycles. The summed E-state index contributed by atoms with van der Waals surface area (Å²) in [5, 5.41) is 7.97. The molecule has 0 saturated carbocycles. The molecule has 1 unspecified atom stereocenters. The van der Waals surface area contributed by atoms with Gasteiger partial charge in [-0.2, -0.15) is 5.26 Å². The molecule has 1 aromatic carbocycles. The number of sulfonamides is 1. The van der Waals surface area contributed by atoms with Crippen molar-refractivity contribution < 1.29 is 13.2 Å². The van der Waals surface area contributed by atoms with Crippen molar-refractivity contribution >= 4 is 27.3 Å². The number of nitrogens with one attached hydrogen (secondary N) is 1. The summed E-state index contributed by atoms with van der Waals surface area (Å²) in [6.45, 7) is 1.63. The van der Waals surface area contributed by atoms with Crippen molar-refractivity contribution in [1.82, 2.24) is 0 Å². The number of ether oxygens (including phenoxy) is 1. The Morgan fingerprint density at radius 2 is 2.22 bits per heavy atom. The quantitative estimate of drug-likeness (QED) is 0.902. The molecule has 1 rings (SSSR count). The fourth-order valence-corrected chi connectivity index (χ4v) is 2.78. The second-order valence-corrected chi connectivity index (χ2v) is 5.79. The maximum Gasteiger partial charge on any atom is 0.249 e. The zero-order valence-corrected chi connectivity index (χ0v) is 11.5. The molecule has 1 N–H and O–H groups in total. The Kier molecular flexibility index (Phi) is 4.82. The van der Waals surface area contributed by atoms with E-state index in [-0.39, 0.29) is 6.42 Å². The maximum atomic E-state index is 11.8. The van der Waals surface area contributed by atoms with Gasteiger partial charge in [-0.15, -0.1) is 0 Å². The fraction of sp³-hybridized carbons (Fsp3) is 0.364. The average Bonchev–Trinajstić information content (AvgIpc) is 2.29. The highest BCUT2D eigenvalue weighted by molar-refractivity contribution is 7.93. The Morgan fingerprint density at radius 3 is 2.67 bits per heavy atom. The number of methoxy groups -OCH3 is 1. The predicted octanol–water partition coefficient (Wildman–Crippen LogP) is 2.39. The first-order chi connectivity index (χ1) is 8.44. The lowest BCUT2D eigenvalue weighted by Gasteiger charge is -2.12. The molecule has 0 aliphatic rings. The SMILES string of the molecule is CCC(C#N)S(=O)(=O)Nc1ccc(OC)c(Cl)c1. The van der Waals surface area contributed by atoms with E-state index < -0.39 is 15.3 Å². The van der Waals surface area contributed by atoms with E-state index in [9.17, 15) is 8.42 Å². The van der Waals surface area contributed by atoms with Gasteiger partial charge in [0, 0.05) is 0 Å². The lowest BCUT2D eigenvalue weighted by Crippen LogP contribution is -2.25. The van der Waals surface area contributed by atoms with Crippen molar-refractivity contribution in [2.45, 2.75) is 18.6 Å². The summed E-state index contributed by atoms with van der Waals surface area (Å²) < 4.78 is 30.9. The summed E-state index contributed by atoms with van der Waals surface area (Å²) in [4.78, 5) is 0. The van der Waals surface area contributed by atoms with E-state index in [2.05, 4.69) is 4.72 Å². The van der Waals surface area contributed by atoms with Crippen LogP contribution in [0, 0.1) is 11.3 Å². The third-order valence-corrected chi connectivity index (χ3v) is 4.30. The van der Waals surface area contributed by atoms with Gasteiger partial charge in [0.2, 0.25) is 10.0 Å². The number of anilines is 1. The molecule has 98 valence electrons. The number of nitrogens with zero attached hydrogens (tertiary/aromatic N) is 1. The second kappa shape index (κ2) is 5.94. The summed E-state index contributed by atoms with van der Waals surface area (Å²) in [7, 11) is -2.26. The zero-order chi connectivity index (χ0) is 13.8. The van der Waals surface area contributed by atoms with Crippen LogP contribution in [0.3, 0.4) is 0 Å². The van der Waals surface area contributed by atoms with Crippen molar-refractivity contribution in [1.29, 1.82) is 5.26 Å². The number of hydrogen-bond acceptors (Lipinski definition) is 4. The molecular formula is C11H13ClN2O3S. The van der Waals surface area contributed by atoms with Gasteiger partial charge in [0.05, 0.1) is 23.9 Å². The molecule has 0 aliphatic carbocycles. The Hall–Kier alpha value is -1.45. The molecule has 0 fully saturated rings. The van der Waals surface area contributed by atoms with Crippen molar-refractivity contribution in [3.63, 3.8) is 0 Å². The molecule has 18 heavy (non-hydrogen) atoms. The van der Waals surface area contributed by atoms with Gasteiger partial charge in [-0.3, -0.25) is 4.72 Å². The van der Waals surface area contributed by atoms with E-state index >= 15 is 0 Å². The number of hydrogen-bond donors (Lipinski definition) is 1. The monoisotopic (exact) mass is 288 g/mol. The summed E-state index contributed by atoms with van der Waals surface area (Å²) in [5.41, 5.74) is 0.300. The third kappa shape index (κ3) is 3.28. The highest BCUT2D eigenvalue weighted by atomic mass is 35.5. The molecule has 0 saturated heterocycles. The average molecular weight is 289 g/mol. The highest BCUT2D eigenvalue weighted by Gasteiger charge is 2.23. The molecule has 5 nitrogen and oxygen atoms in total. The van der Waals surface area contributed by atoms with Crippen molar-refractivity contribution in [2.75, 3.05) is 11.8 Å². The molecule has 1 aromatic rings. The molecule has 1 atom stereocenters. The largest absolute Gasteiger partial charge is 0.495 e. The van der Waals surface area contributed by atoms with Gasteiger partial charge >= 0.3 is 0 Å². The van der Waals surface area contributed by atoms with Crippen LogP contribution in [-0.4, -0.2) is 20.8 Å². The number of rotatable bonds is 5. The normalized spacial score (nSPS) is 12.6. The minimum atomic E-state index is -3.72. The van der Waals surface area contributed by atoms with Crippen LogP contribution < -0.4 is 9.46 Å². The van der Waals surface area contributed by atoms with Crippen molar-refractivity contribution in [3.8, 4) is 11.8 Å². The Morgan fingerprint density at radius 1 is 1.56 bits per heavy atom. The molecule has 0 radical (unpaired) electrons. The van der Waals surface area contributed by atoms with E-state index in [1.54, 1.807) is 19.1 Å². The van der Waals surface area contributed by atoms with Gasteiger partial charge in [0.15, 0.2) is 5.25 Å². The summed E-state index contributed by atoms with van der Waals surface area (Å²) >= 11 is 5.88. The summed E-state index contributed by atoms with van der Waals surface area (Å²) in [6, 6.07) is 6.24. The van der Waals surface area contributed by atoms with Gasteiger partial charge < -0.3 is 4.74 Å². The van der Waals surface area contributed by atoms with E-state index in [1.165, 1.54) is 19.2 Å². The van der Waals surface area contributed by atoms with Crippen LogP contribution >= 0.6 is 11.6 Å².